The van der Waals surface area contributed by atoms with Crippen LogP contribution in [0.3, 0.4) is 0 Å². The maximum atomic E-state index is 13.2. The average molecular weight is 309 g/mol. The summed E-state index contributed by atoms with van der Waals surface area (Å²) in [5.74, 6) is -0.116. The van der Waals surface area contributed by atoms with Gasteiger partial charge >= 0.3 is 0 Å². The minimum absolute atomic E-state index is 0.108. The highest BCUT2D eigenvalue weighted by atomic mass is 79.9. The third kappa shape index (κ3) is 3.37. The fourth-order valence-electron chi connectivity index (χ4n) is 1.95. The Kier molecular flexibility index (Phi) is 4.44. The minimum atomic E-state index is -0.224. The maximum Gasteiger partial charge on any atom is 0.123 e. The highest BCUT2D eigenvalue weighted by Gasteiger charge is 2.11. The minimum Gasteiger partial charge on any atom is -0.330 e. The first kappa shape index (κ1) is 13.2. The van der Waals surface area contributed by atoms with Crippen LogP contribution in [-0.4, -0.2) is 11.5 Å². The van der Waals surface area contributed by atoms with E-state index in [-0.39, 0.29) is 11.7 Å². The molecule has 0 fully saturated rings. The van der Waals surface area contributed by atoms with E-state index >= 15 is 0 Å². The monoisotopic (exact) mass is 308 g/mol. The normalized spacial score (nSPS) is 12.4. The summed E-state index contributed by atoms with van der Waals surface area (Å²) in [7, 11) is 0. The summed E-state index contributed by atoms with van der Waals surface area (Å²) in [5, 5.41) is 0. The molecule has 94 valence electrons. The number of nitrogens with zero attached hydrogens (tertiary/aromatic N) is 1. The summed E-state index contributed by atoms with van der Waals surface area (Å²) in [4.78, 5) is 4.12. The van der Waals surface area contributed by atoms with Crippen LogP contribution in [0.2, 0.25) is 0 Å². The number of hydrogen-bond donors (Lipinski definition) is 1. The second-order valence-corrected chi connectivity index (χ2v) is 5.12. The number of hydrogen-bond acceptors (Lipinski definition) is 2. The number of benzene rings is 1. The number of rotatable bonds is 4. The van der Waals surface area contributed by atoms with Crippen LogP contribution in [0.5, 0.6) is 0 Å². The second-order valence-electron chi connectivity index (χ2n) is 4.20. The average Bonchev–Trinajstić information content (AvgIpc) is 2.36. The van der Waals surface area contributed by atoms with E-state index in [0.29, 0.717) is 6.54 Å². The lowest BCUT2D eigenvalue weighted by molar-refractivity contribution is 0.616. The molecule has 4 heteroatoms. The first-order valence-electron chi connectivity index (χ1n) is 5.74. The van der Waals surface area contributed by atoms with Crippen LogP contribution in [0.1, 0.15) is 17.0 Å². The molecule has 1 heterocycles. The molecule has 2 nitrogen and oxygen atoms in total. The van der Waals surface area contributed by atoms with Crippen molar-refractivity contribution < 1.29 is 4.39 Å². The molecule has 0 saturated carbocycles. The Labute approximate surface area is 114 Å². The smallest absolute Gasteiger partial charge is 0.123 e. The van der Waals surface area contributed by atoms with Crippen molar-refractivity contribution in [1.82, 2.24) is 4.98 Å². The molecular weight excluding hydrogens is 295 g/mol. The molecule has 1 unspecified atom stereocenters. The Hall–Kier alpha value is -1.26. The van der Waals surface area contributed by atoms with Gasteiger partial charge in [0.25, 0.3) is 0 Å². The number of pyridine rings is 1. The third-order valence-corrected chi connectivity index (χ3v) is 3.28. The van der Waals surface area contributed by atoms with E-state index in [1.807, 2.05) is 18.3 Å². The van der Waals surface area contributed by atoms with Crippen LogP contribution in [-0.2, 0) is 6.42 Å². The molecular formula is C14H14BrFN2. The van der Waals surface area contributed by atoms with Gasteiger partial charge < -0.3 is 5.73 Å². The van der Waals surface area contributed by atoms with Crippen LogP contribution in [0, 0.1) is 5.82 Å². The van der Waals surface area contributed by atoms with Crippen molar-refractivity contribution >= 4 is 15.9 Å². The molecule has 0 aliphatic rings. The second kappa shape index (κ2) is 6.07. The summed E-state index contributed by atoms with van der Waals surface area (Å²) in [6.45, 7) is 0.482. The van der Waals surface area contributed by atoms with E-state index in [1.54, 1.807) is 18.3 Å². The topological polar surface area (TPSA) is 38.9 Å². The van der Waals surface area contributed by atoms with Gasteiger partial charge in [-0.1, -0.05) is 12.1 Å². The van der Waals surface area contributed by atoms with Crippen LogP contribution >= 0.6 is 15.9 Å². The summed E-state index contributed by atoms with van der Waals surface area (Å²) in [5.41, 5.74) is 7.80. The Morgan fingerprint density at radius 1 is 1.28 bits per heavy atom. The van der Waals surface area contributed by atoms with E-state index in [2.05, 4.69) is 20.9 Å². The molecule has 1 atom stereocenters. The van der Waals surface area contributed by atoms with Gasteiger partial charge in [-0.05, 0) is 58.2 Å². The van der Waals surface area contributed by atoms with Gasteiger partial charge in [-0.15, -0.1) is 0 Å². The zero-order chi connectivity index (χ0) is 13.0. The van der Waals surface area contributed by atoms with Gasteiger partial charge in [0, 0.05) is 22.8 Å². The Morgan fingerprint density at radius 2 is 2.11 bits per heavy atom. The first-order valence-corrected chi connectivity index (χ1v) is 6.53. The van der Waals surface area contributed by atoms with Crippen molar-refractivity contribution in [3.05, 3.63) is 64.1 Å². The quantitative estimate of drug-likeness (QED) is 0.941. The SMILES string of the molecule is NCC(Cc1cncc(Br)c1)c1cccc(F)c1. The van der Waals surface area contributed by atoms with E-state index in [4.69, 9.17) is 5.73 Å². The molecule has 1 aromatic heterocycles. The van der Waals surface area contributed by atoms with E-state index in [0.717, 1.165) is 22.0 Å². The van der Waals surface area contributed by atoms with Gasteiger partial charge in [-0.25, -0.2) is 4.39 Å². The van der Waals surface area contributed by atoms with Crippen molar-refractivity contribution in [2.45, 2.75) is 12.3 Å². The van der Waals surface area contributed by atoms with Gasteiger partial charge in [0.05, 0.1) is 0 Å². The highest BCUT2D eigenvalue weighted by molar-refractivity contribution is 9.10. The summed E-state index contributed by atoms with van der Waals surface area (Å²) < 4.78 is 14.1. The molecule has 2 N–H and O–H groups in total. The molecule has 0 bridgehead atoms. The number of aromatic nitrogens is 1. The van der Waals surface area contributed by atoms with Crippen LogP contribution in [0.15, 0.2) is 47.2 Å². The predicted molar refractivity (Wildman–Crippen MR) is 73.8 cm³/mol. The fraction of sp³-hybridized carbons (Fsp3) is 0.214. The molecule has 2 aromatic rings. The molecule has 0 aliphatic heterocycles. The lowest BCUT2D eigenvalue weighted by atomic mass is 9.93. The predicted octanol–water partition coefficient (Wildman–Crippen LogP) is 3.27. The Morgan fingerprint density at radius 3 is 2.78 bits per heavy atom. The van der Waals surface area contributed by atoms with Crippen molar-refractivity contribution in [2.75, 3.05) is 6.54 Å². The fourth-order valence-corrected chi connectivity index (χ4v) is 2.36. The number of halogens is 2. The van der Waals surface area contributed by atoms with Gasteiger partial charge in [0.2, 0.25) is 0 Å². The van der Waals surface area contributed by atoms with Gasteiger partial charge in [0.1, 0.15) is 5.82 Å². The zero-order valence-corrected chi connectivity index (χ0v) is 11.4. The Bertz CT molecular complexity index is 531. The molecule has 0 radical (unpaired) electrons. The van der Waals surface area contributed by atoms with Gasteiger partial charge in [-0.3, -0.25) is 4.98 Å². The first-order chi connectivity index (χ1) is 8.69. The van der Waals surface area contributed by atoms with Crippen molar-refractivity contribution in [3.63, 3.8) is 0 Å². The zero-order valence-electron chi connectivity index (χ0n) is 9.81. The van der Waals surface area contributed by atoms with E-state index in [9.17, 15) is 4.39 Å². The van der Waals surface area contributed by atoms with Crippen LogP contribution < -0.4 is 5.73 Å². The summed E-state index contributed by atoms with van der Waals surface area (Å²) in [6, 6.07) is 8.62. The molecule has 18 heavy (non-hydrogen) atoms. The molecule has 1 aromatic carbocycles. The largest absolute Gasteiger partial charge is 0.330 e. The lowest BCUT2D eigenvalue weighted by Gasteiger charge is -2.15. The third-order valence-electron chi connectivity index (χ3n) is 2.85. The molecule has 0 spiro atoms. The van der Waals surface area contributed by atoms with Crippen molar-refractivity contribution in [2.24, 2.45) is 5.73 Å². The van der Waals surface area contributed by atoms with E-state index < -0.39 is 0 Å². The van der Waals surface area contributed by atoms with Crippen LogP contribution in [0.25, 0.3) is 0 Å². The molecule has 0 aliphatic carbocycles. The standard InChI is InChI=1S/C14H14BrFN2/c15-13-5-10(8-18-9-13)4-12(7-17)11-2-1-3-14(16)6-11/h1-3,5-6,8-9,12H,4,7,17H2. The van der Waals surface area contributed by atoms with Crippen LogP contribution in [0.4, 0.5) is 4.39 Å². The molecule has 0 amide bonds. The van der Waals surface area contributed by atoms with Gasteiger partial charge in [-0.2, -0.15) is 0 Å². The van der Waals surface area contributed by atoms with Crippen molar-refractivity contribution in [1.29, 1.82) is 0 Å². The molecule has 0 saturated heterocycles. The van der Waals surface area contributed by atoms with Crippen molar-refractivity contribution in [3.8, 4) is 0 Å². The van der Waals surface area contributed by atoms with E-state index in [1.165, 1.54) is 6.07 Å². The van der Waals surface area contributed by atoms with Gasteiger partial charge in [0.15, 0.2) is 0 Å². The summed E-state index contributed by atoms with van der Waals surface area (Å²) >= 11 is 3.39. The number of nitrogens with two attached hydrogens (primary N) is 1. The summed E-state index contributed by atoms with van der Waals surface area (Å²) in [6.07, 6.45) is 4.31. The Balaban J connectivity index is 2.19. The lowest BCUT2D eigenvalue weighted by Crippen LogP contribution is -2.15. The maximum absolute atomic E-state index is 13.2. The molecule has 2 rings (SSSR count). The highest BCUT2D eigenvalue weighted by Crippen LogP contribution is 2.21.